The van der Waals surface area contributed by atoms with Gasteiger partial charge in [-0.25, -0.2) is 0 Å². The van der Waals surface area contributed by atoms with Crippen LogP contribution in [0.5, 0.6) is 0 Å². The molecule has 1 N–H and O–H groups in total. The van der Waals surface area contributed by atoms with Gasteiger partial charge in [0.2, 0.25) is 0 Å². The number of hydrogen-bond donors (Lipinski definition) is 1. The van der Waals surface area contributed by atoms with Gasteiger partial charge in [-0.2, -0.15) is 9.61 Å². The SMILES string of the molecule is CC(C)N1Cc2c([nH]c3cc(CC4CCOCC4)nn3c2=O)C1=O. The van der Waals surface area contributed by atoms with Gasteiger partial charge in [-0.15, -0.1) is 0 Å². The number of H-pyrrole nitrogens is 1. The Morgan fingerprint density at radius 2 is 2.08 bits per heavy atom. The van der Waals surface area contributed by atoms with E-state index < -0.39 is 0 Å². The summed E-state index contributed by atoms with van der Waals surface area (Å²) in [5, 5.41) is 4.48. The van der Waals surface area contributed by atoms with Crippen LogP contribution in [0.1, 0.15) is 48.4 Å². The Balaban J connectivity index is 1.69. The molecule has 0 atom stereocenters. The van der Waals surface area contributed by atoms with Crippen LogP contribution >= 0.6 is 0 Å². The quantitative estimate of drug-likeness (QED) is 0.921. The summed E-state index contributed by atoms with van der Waals surface area (Å²) in [5.41, 5.74) is 2.24. The highest BCUT2D eigenvalue weighted by molar-refractivity contribution is 5.96. The van der Waals surface area contributed by atoms with Gasteiger partial charge in [-0.1, -0.05) is 0 Å². The van der Waals surface area contributed by atoms with Crippen molar-refractivity contribution in [1.82, 2.24) is 19.5 Å². The molecule has 0 bridgehead atoms. The van der Waals surface area contributed by atoms with Crippen LogP contribution in [0.25, 0.3) is 5.65 Å². The fourth-order valence-corrected chi connectivity index (χ4v) is 3.59. The summed E-state index contributed by atoms with van der Waals surface area (Å²) in [6.07, 6.45) is 2.90. The maximum absolute atomic E-state index is 12.7. The Hall–Kier alpha value is -2.15. The Labute approximate surface area is 139 Å². The minimum Gasteiger partial charge on any atom is -0.381 e. The predicted molar refractivity (Wildman–Crippen MR) is 88.1 cm³/mol. The third-order valence-electron chi connectivity index (χ3n) is 5.03. The van der Waals surface area contributed by atoms with E-state index in [0.717, 1.165) is 38.2 Å². The lowest BCUT2D eigenvalue weighted by Gasteiger charge is -2.20. The predicted octanol–water partition coefficient (Wildman–Crippen LogP) is 1.36. The summed E-state index contributed by atoms with van der Waals surface area (Å²) >= 11 is 0. The lowest BCUT2D eigenvalue weighted by atomic mass is 9.95. The number of nitrogens with one attached hydrogen (secondary N) is 1. The molecule has 4 rings (SSSR count). The molecular formula is C17H22N4O3. The number of aromatic nitrogens is 3. The molecular weight excluding hydrogens is 308 g/mol. The first-order chi connectivity index (χ1) is 11.5. The maximum Gasteiger partial charge on any atom is 0.280 e. The smallest absolute Gasteiger partial charge is 0.280 e. The van der Waals surface area contributed by atoms with E-state index >= 15 is 0 Å². The van der Waals surface area contributed by atoms with Crippen LogP contribution in [-0.2, 0) is 17.7 Å². The van der Waals surface area contributed by atoms with E-state index in [9.17, 15) is 9.59 Å². The van der Waals surface area contributed by atoms with E-state index in [0.29, 0.717) is 29.4 Å². The number of carbonyl (C=O) groups is 1. The summed E-state index contributed by atoms with van der Waals surface area (Å²) in [6, 6.07) is 1.96. The first kappa shape index (κ1) is 15.4. The molecule has 0 aliphatic carbocycles. The normalized spacial score (nSPS) is 18.8. The summed E-state index contributed by atoms with van der Waals surface area (Å²) in [4.78, 5) is 30.0. The van der Waals surface area contributed by atoms with Gasteiger partial charge in [-0.3, -0.25) is 9.59 Å². The van der Waals surface area contributed by atoms with E-state index in [-0.39, 0.29) is 17.5 Å². The third-order valence-corrected chi connectivity index (χ3v) is 5.03. The van der Waals surface area contributed by atoms with E-state index in [4.69, 9.17) is 4.74 Å². The van der Waals surface area contributed by atoms with Gasteiger partial charge in [0, 0.05) is 25.3 Å². The van der Waals surface area contributed by atoms with Crippen LogP contribution in [0.2, 0.25) is 0 Å². The average molecular weight is 330 g/mol. The standard InChI is InChI=1S/C17H22N4O3/c1-10(2)20-9-13-15(17(20)23)18-14-8-12(19-21(14)16(13)22)7-11-3-5-24-6-4-11/h8,10-11,18H,3-7,9H2,1-2H3. The third kappa shape index (κ3) is 2.43. The molecule has 2 aliphatic heterocycles. The molecule has 1 saturated heterocycles. The molecule has 0 saturated carbocycles. The van der Waals surface area contributed by atoms with Crippen molar-refractivity contribution in [1.29, 1.82) is 0 Å². The monoisotopic (exact) mass is 330 g/mol. The van der Waals surface area contributed by atoms with Crippen molar-refractivity contribution in [3.8, 4) is 0 Å². The fourth-order valence-electron chi connectivity index (χ4n) is 3.59. The van der Waals surface area contributed by atoms with Crippen molar-refractivity contribution >= 4 is 11.6 Å². The van der Waals surface area contributed by atoms with E-state index in [1.54, 1.807) is 4.90 Å². The van der Waals surface area contributed by atoms with Crippen LogP contribution in [-0.4, -0.2) is 44.7 Å². The molecule has 24 heavy (non-hydrogen) atoms. The van der Waals surface area contributed by atoms with Crippen molar-refractivity contribution in [2.24, 2.45) is 5.92 Å². The molecule has 0 aromatic carbocycles. The second kappa shape index (κ2) is 5.73. The van der Waals surface area contributed by atoms with E-state index in [1.807, 2.05) is 19.9 Å². The lowest BCUT2D eigenvalue weighted by molar-refractivity contribution is 0.0662. The molecule has 2 aliphatic rings. The highest BCUT2D eigenvalue weighted by atomic mass is 16.5. The maximum atomic E-state index is 12.7. The van der Waals surface area contributed by atoms with Crippen molar-refractivity contribution in [3.05, 3.63) is 33.4 Å². The number of hydrogen-bond acceptors (Lipinski definition) is 4. The Bertz CT molecular complexity index is 845. The zero-order valence-corrected chi connectivity index (χ0v) is 14.0. The highest BCUT2D eigenvalue weighted by Gasteiger charge is 2.33. The summed E-state index contributed by atoms with van der Waals surface area (Å²) in [6.45, 7) is 5.85. The van der Waals surface area contributed by atoms with Crippen molar-refractivity contribution in [3.63, 3.8) is 0 Å². The van der Waals surface area contributed by atoms with Gasteiger partial charge in [0.05, 0.1) is 17.8 Å². The molecule has 0 unspecified atom stereocenters. The molecule has 2 aromatic heterocycles. The zero-order valence-electron chi connectivity index (χ0n) is 14.0. The van der Waals surface area contributed by atoms with Crippen LogP contribution < -0.4 is 5.56 Å². The minimum absolute atomic E-state index is 0.0640. The minimum atomic E-state index is -0.187. The fraction of sp³-hybridized carbons (Fsp3) is 0.588. The Kier molecular flexibility index (Phi) is 3.68. The van der Waals surface area contributed by atoms with Crippen LogP contribution in [0.4, 0.5) is 0 Å². The van der Waals surface area contributed by atoms with Crippen LogP contribution in [0.15, 0.2) is 10.9 Å². The molecule has 0 radical (unpaired) electrons. The summed E-state index contributed by atoms with van der Waals surface area (Å²) in [7, 11) is 0. The summed E-state index contributed by atoms with van der Waals surface area (Å²) in [5.74, 6) is 0.440. The zero-order chi connectivity index (χ0) is 16.8. The molecule has 0 spiro atoms. The number of nitrogens with zero attached hydrogens (tertiary/aromatic N) is 3. The van der Waals surface area contributed by atoms with E-state index in [2.05, 4.69) is 10.1 Å². The number of fused-ring (bicyclic) bond motifs is 2. The number of carbonyl (C=O) groups excluding carboxylic acids is 1. The second-order valence-corrected chi connectivity index (χ2v) is 7.00. The molecule has 7 nitrogen and oxygen atoms in total. The van der Waals surface area contributed by atoms with Crippen molar-refractivity contribution < 1.29 is 9.53 Å². The first-order valence-corrected chi connectivity index (χ1v) is 8.57. The molecule has 1 fully saturated rings. The van der Waals surface area contributed by atoms with Gasteiger partial charge >= 0.3 is 0 Å². The molecule has 2 aromatic rings. The number of aromatic amines is 1. The largest absolute Gasteiger partial charge is 0.381 e. The van der Waals surface area contributed by atoms with Crippen LogP contribution in [0.3, 0.4) is 0 Å². The van der Waals surface area contributed by atoms with Gasteiger partial charge in [0.15, 0.2) is 0 Å². The lowest BCUT2D eigenvalue weighted by Crippen LogP contribution is -2.31. The Morgan fingerprint density at radius 1 is 1.33 bits per heavy atom. The van der Waals surface area contributed by atoms with Gasteiger partial charge in [0.25, 0.3) is 11.5 Å². The highest BCUT2D eigenvalue weighted by Crippen LogP contribution is 2.23. The van der Waals surface area contributed by atoms with Crippen molar-refractivity contribution in [2.45, 2.75) is 45.7 Å². The molecule has 1 amide bonds. The van der Waals surface area contributed by atoms with Gasteiger partial charge < -0.3 is 14.6 Å². The molecule has 7 heteroatoms. The van der Waals surface area contributed by atoms with Crippen LogP contribution in [0, 0.1) is 5.92 Å². The number of rotatable bonds is 3. The number of amides is 1. The number of ether oxygens (including phenoxy) is 1. The second-order valence-electron chi connectivity index (χ2n) is 7.00. The Morgan fingerprint density at radius 3 is 2.79 bits per heavy atom. The van der Waals surface area contributed by atoms with E-state index in [1.165, 1.54) is 4.52 Å². The molecule has 128 valence electrons. The first-order valence-electron chi connectivity index (χ1n) is 8.57. The molecule has 4 heterocycles. The van der Waals surface area contributed by atoms with Gasteiger partial charge in [0.1, 0.15) is 11.3 Å². The van der Waals surface area contributed by atoms with Gasteiger partial charge in [-0.05, 0) is 39.0 Å². The summed E-state index contributed by atoms with van der Waals surface area (Å²) < 4.78 is 6.79. The van der Waals surface area contributed by atoms with Crippen molar-refractivity contribution in [2.75, 3.05) is 13.2 Å². The topological polar surface area (TPSA) is 79.7 Å². The average Bonchev–Trinajstić information content (AvgIpc) is 3.11.